The Morgan fingerprint density at radius 3 is 2.38 bits per heavy atom. The highest BCUT2D eigenvalue weighted by atomic mass is 32.2. The van der Waals surface area contributed by atoms with Gasteiger partial charge in [-0.1, -0.05) is 11.3 Å². The molecule has 2 saturated heterocycles. The predicted octanol–water partition coefficient (Wildman–Crippen LogP) is 3.00. The van der Waals surface area contributed by atoms with Crippen molar-refractivity contribution in [2.45, 2.75) is 9.79 Å². The van der Waals surface area contributed by atoms with Gasteiger partial charge in [-0.15, -0.1) is 11.8 Å². The summed E-state index contributed by atoms with van der Waals surface area (Å²) in [5, 5.41) is 0.984. The molecular weight excluding hydrogens is 492 g/mol. The number of amides is 1. The molecule has 180 valence electrons. The fourth-order valence-corrected chi connectivity index (χ4v) is 7.12. The van der Waals surface area contributed by atoms with Gasteiger partial charge in [0.15, 0.2) is 5.13 Å². The molecule has 0 N–H and O–H groups in total. The van der Waals surface area contributed by atoms with Crippen molar-refractivity contribution in [3.63, 3.8) is 0 Å². The normalized spacial score (nSPS) is 17.9. The third kappa shape index (κ3) is 4.67. The Morgan fingerprint density at radius 1 is 1.00 bits per heavy atom. The first-order chi connectivity index (χ1) is 16.5. The van der Waals surface area contributed by atoms with Gasteiger partial charge in [-0.05, 0) is 48.7 Å². The van der Waals surface area contributed by atoms with E-state index < -0.39 is 10.0 Å². The fraction of sp³-hybridized carbons (Fsp3) is 0.391. The van der Waals surface area contributed by atoms with Crippen molar-refractivity contribution in [1.29, 1.82) is 0 Å². The molecule has 3 heterocycles. The number of rotatable bonds is 5. The molecule has 8 nitrogen and oxygen atoms in total. The zero-order chi connectivity index (χ0) is 23.7. The highest BCUT2D eigenvalue weighted by Gasteiger charge is 2.28. The van der Waals surface area contributed by atoms with Crippen LogP contribution in [0.5, 0.6) is 0 Å². The molecular formula is C23H26N4O4S3. The topological polar surface area (TPSA) is 83.1 Å². The summed E-state index contributed by atoms with van der Waals surface area (Å²) in [6.07, 6.45) is 2.07. The monoisotopic (exact) mass is 518 g/mol. The van der Waals surface area contributed by atoms with E-state index in [0.717, 1.165) is 10.6 Å². The number of thioether (sulfide) groups is 1. The standard InChI is InChI=1S/C23H26N4O4S3/c1-32-18-4-7-20-21(16-18)33-23(24-20)26-10-8-25(9-11-26)22(28)17-2-5-19(6-3-17)34(29,30)27-12-14-31-15-13-27/h2-7,16H,8-15H2,1H3. The van der Waals surface area contributed by atoms with Crippen molar-refractivity contribution in [2.75, 3.05) is 63.6 Å². The van der Waals surface area contributed by atoms with E-state index in [2.05, 4.69) is 29.4 Å². The van der Waals surface area contributed by atoms with Crippen molar-refractivity contribution in [1.82, 2.24) is 14.2 Å². The van der Waals surface area contributed by atoms with Crippen LogP contribution in [0.3, 0.4) is 0 Å². The zero-order valence-electron chi connectivity index (χ0n) is 18.8. The van der Waals surface area contributed by atoms with E-state index in [1.54, 1.807) is 35.2 Å². The number of carbonyl (C=O) groups excluding carboxylic acids is 1. The van der Waals surface area contributed by atoms with Crippen LogP contribution >= 0.6 is 23.1 Å². The van der Waals surface area contributed by atoms with Gasteiger partial charge < -0.3 is 14.5 Å². The summed E-state index contributed by atoms with van der Waals surface area (Å²) >= 11 is 3.40. The first kappa shape index (κ1) is 23.6. The Kier molecular flexibility index (Phi) is 6.81. The second kappa shape index (κ2) is 9.82. The number of morpholine rings is 1. The lowest BCUT2D eigenvalue weighted by Gasteiger charge is -2.34. The lowest BCUT2D eigenvalue weighted by Crippen LogP contribution is -2.48. The van der Waals surface area contributed by atoms with Crippen LogP contribution in [0.15, 0.2) is 52.3 Å². The van der Waals surface area contributed by atoms with Crippen LogP contribution in [0.2, 0.25) is 0 Å². The summed E-state index contributed by atoms with van der Waals surface area (Å²) in [4.78, 5) is 23.3. The van der Waals surface area contributed by atoms with E-state index in [0.29, 0.717) is 58.0 Å². The van der Waals surface area contributed by atoms with Crippen molar-refractivity contribution in [3.05, 3.63) is 48.0 Å². The van der Waals surface area contributed by atoms with E-state index in [9.17, 15) is 13.2 Å². The molecule has 0 unspecified atom stereocenters. The highest BCUT2D eigenvalue weighted by Crippen LogP contribution is 2.32. The second-order valence-electron chi connectivity index (χ2n) is 8.15. The molecule has 0 aliphatic carbocycles. The van der Waals surface area contributed by atoms with Gasteiger partial charge in [0.2, 0.25) is 10.0 Å². The molecule has 11 heteroatoms. The average Bonchev–Trinajstić information content (AvgIpc) is 3.32. The Hall–Kier alpha value is -2.18. The Labute approximate surface area is 207 Å². The van der Waals surface area contributed by atoms with Gasteiger partial charge in [0, 0.05) is 49.7 Å². The van der Waals surface area contributed by atoms with Crippen LogP contribution in [0.1, 0.15) is 10.4 Å². The second-order valence-corrected chi connectivity index (χ2v) is 12.0. The zero-order valence-corrected chi connectivity index (χ0v) is 21.3. The molecule has 2 aromatic carbocycles. The molecule has 1 amide bonds. The van der Waals surface area contributed by atoms with E-state index in [-0.39, 0.29) is 10.8 Å². The Morgan fingerprint density at radius 2 is 1.71 bits per heavy atom. The minimum absolute atomic E-state index is 0.0797. The van der Waals surface area contributed by atoms with Crippen molar-refractivity contribution in [2.24, 2.45) is 0 Å². The van der Waals surface area contributed by atoms with Crippen molar-refractivity contribution < 1.29 is 17.9 Å². The van der Waals surface area contributed by atoms with Gasteiger partial charge >= 0.3 is 0 Å². The number of nitrogens with zero attached hydrogens (tertiary/aromatic N) is 4. The molecule has 2 aliphatic rings. The van der Waals surface area contributed by atoms with Crippen LogP contribution in [0.4, 0.5) is 5.13 Å². The summed E-state index contributed by atoms with van der Waals surface area (Å²) in [6, 6.07) is 12.6. The van der Waals surface area contributed by atoms with Crippen LogP contribution < -0.4 is 4.90 Å². The van der Waals surface area contributed by atoms with E-state index in [1.807, 2.05) is 4.90 Å². The molecule has 0 atom stereocenters. The number of sulfonamides is 1. The Bertz CT molecular complexity index is 1280. The van der Waals surface area contributed by atoms with Crippen LogP contribution in [-0.4, -0.2) is 87.3 Å². The van der Waals surface area contributed by atoms with Crippen molar-refractivity contribution >= 4 is 54.4 Å². The van der Waals surface area contributed by atoms with Crippen LogP contribution in [0.25, 0.3) is 10.2 Å². The molecule has 0 saturated carbocycles. The molecule has 1 aromatic heterocycles. The molecule has 0 radical (unpaired) electrons. The number of piperazine rings is 1. The molecule has 2 fully saturated rings. The summed E-state index contributed by atoms with van der Waals surface area (Å²) in [5.74, 6) is -0.0797. The lowest BCUT2D eigenvalue weighted by atomic mass is 10.2. The Balaban J connectivity index is 1.22. The smallest absolute Gasteiger partial charge is 0.253 e. The van der Waals surface area contributed by atoms with Gasteiger partial charge in [0.1, 0.15) is 0 Å². The van der Waals surface area contributed by atoms with E-state index in [4.69, 9.17) is 9.72 Å². The average molecular weight is 519 g/mol. The molecule has 5 rings (SSSR count). The lowest BCUT2D eigenvalue weighted by molar-refractivity contribution is 0.0730. The summed E-state index contributed by atoms with van der Waals surface area (Å²) in [6.45, 7) is 4.11. The predicted molar refractivity (Wildman–Crippen MR) is 136 cm³/mol. The number of aromatic nitrogens is 1. The van der Waals surface area contributed by atoms with Crippen LogP contribution in [0, 0.1) is 0 Å². The molecule has 34 heavy (non-hydrogen) atoms. The highest BCUT2D eigenvalue weighted by molar-refractivity contribution is 7.98. The number of thiazole rings is 1. The molecule has 2 aliphatic heterocycles. The number of fused-ring (bicyclic) bond motifs is 1. The number of benzene rings is 2. The van der Waals surface area contributed by atoms with Gasteiger partial charge in [-0.3, -0.25) is 4.79 Å². The number of hydrogen-bond acceptors (Lipinski definition) is 8. The van der Waals surface area contributed by atoms with Gasteiger partial charge in [0.25, 0.3) is 5.91 Å². The largest absolute Gasteiger partial charge is 0.379 e. The number of anilines is 1. The minimum atomic E-state index is -3.57. The van der Waals surface area contributed by atoms with Crippen molar-refractivity contribution in [3.8, 4) is 0 Å². The van der Waals surface area contributed by atoms with Gasteiger partial charge in [0.05, 0.1) is 28.3 Å². The first-order valence-corrected chi connectivity index (χ1v) is 14.6. The molecule has 0 spiro atoms. The number of carbonyl (C=O) groups is 1. The third-order valence-electron chi connectivity index (χ3n) is 6.13. The minimum Gasteiger partial charge on any atom is -0.379 e. The maximum atomic E-state index is 13.0. The number of ether oxygens (including phenoxy) is 1. The first-order valence-electron chi connectivity index (χ1n) is 11.1. The number of hydrogen-bond donors (Lipinski definition) is 0. The summed E-state index contributed by atoms with van der Waals surface area (Å²) < 4.78 is 33.5. The molecule has 0 bridgehead atoms. The quantitative estimate of drug-likeness (QED) is 0.480. The summed E-state index contributed by atoms with van der Waals surface area (Å²) in [5.41, 5.74) is 1.50. The maximum absolute atomic E-state index is 13.0. The summed E-state index contributed by atoms with van der Waals surface area (Å²) in [7, 11) is -3.57. The van der Waals surface area contributed by atoms with E-state index >= 15 is 0 Å². The van der Waals surface area contributed by atoms with E-state index in [1.165, 1.54) is 26.0 Å². The fourth-order valence-electron chi connectivity index (χ4n) is 4.14. The SMILES string of the molecule is CSc1ccc2nc(N3CCN(C(=O)c4ccc(S(=O)(=O)N5CCOCC5)cc4)CC3)sc2c1. The maximum Gasteiger partial charge on any atom is 0.253 e. The van der Waals surface area contributed by atoms with Gasteiger partial charge in [-0.2, -0.15) is 4.31 Å². The molecule has 3 aromatic rings. The van der Waals surface area contributed by atoms with Crippen LogP contribution in [-0.2, 0) is 14.8 Å². The van der Waals surface area contributed by atoms with Gasteiger partial charge in [-0.25, -0.2) is 13.4 Å². The third-order valence-corrected chi connectivity index (χ3v) is 9.85.